The van der Waals surface area contributed by atoms with E-state index < -0.39 is 29.3 Å². The van der Waals surface area contributed by atoms with Gasteiger partial charge >= 0.3 is 12.3 Å². The van der Waals surface area contributed by atoms with Gasteiger partial charge in [0.05, 0.1) is 5.56 Å². The molecule has 1 saturated heterocycles. The van der Waals surface area contributed by atoms with Crippen molar-refractivity contribution in [3.8, 4) is 0 Å². The first-order valence-corrected chi connectivity index (χ1v) is 8.54. The number of nitrogens with zero attached hydrogens (tertiary/aromatic N) is 2. The maximum atomic E-state index is 13.0. The number of hydrogen-bond acceptors (Lipinski definition) is 4. The van der Waals surface area contributed by atoms with E-state index in [1.165, 1.54) is 15.9 Å². The van der Waals surface area contributed by atoms with Crippen LogP contribution in [0.1, 0.15) is 43.6 Å². The Bertz CT molecular complexity index is 729. The average Bonchev–Trinajstić information content (AvgIpc) is 2.50. The van der Waals surface area contributed by atoms with Crippen LogP contribution in [0.4, 0.5) is 23.7 Å². The number of halogens is 3. The highest BCUT2D eigenvalue weighted by Gasteiger charge is 2.35. The van der Waals surface area contributed by atoms with Crippen molar-refractivity contribution in [3.63, 3.8) is 0 Å². The molecule has 1 heterocycles. The molecule has 1 aromatic carbocycles. The van der Waals surface area contributed by atoms with Crippen molar-refractivity contribution in [1.82, 2.24) is 9.80 Å². The highest BCUT2D eigenvalue weighted by atomic mass is 19.4. The van der Waals surface area contributed by atoms with Crippen LogP contribution >= 0.6 is 0 Å². The molecule has 27 heavy (non-hydrogen) atoms. The second-order valence-electron chi connectivity index (χ2n) is 7.62. The molecule has 0 aliphatic carbocycles. The van der Waals surface area contributed by atoms with Crippen molar-refractivity contribution in [2.24, 2.45) is 0 Å². The van der Waals surface area contributed by atoms with Crippen molar-refractivity contribution >= 4 is 17.7 Å². The van der Waals surface area contributed by atoms with E-state index in [2.05, 4.69) is 0 Å². The summed E-state index contributed by atoms with van der Waals surface area (Å²) in [6.07, 6.45) is -5.07. The van der Waals surface area contributed by atoms with Crippen LogP contribution in [-0.2, 0) is 10.9 Å². The number of anilines is 1. The van der Waals surface area contributed by atoms with Gasteiger partial charge in [-0.3, -0.25) is 4.79 Å². The molecule has 1 aliphatic rings. The maximum absolute atomic E-state index is 13.0. The van der Waals surface area contributed by atoms with Crippen molar-refractivity contribution < 1.29 is 27.5 Å². The van der Waals surface area contributed by atoms with Crippen LogP contribution in [0.25, 0.3) is 0 Å². The highest BCUT2D eigenvalue weighted by Crippen LogP contribution is 2.31. The predicted molar refractivity (Wildman–Crippen MR) is 94.2 cm³/mol. The minimum atomic E-state index is -4.59. The van der Waals surface area contributed by atoms with Crippen molar-refractivity contribution in [2.45, 2.75) is 45.5 Å². The van der Waals surface area contributed by atoms with E-state index >= 15 is 0 Å². The third-order valence-electron chi connectivity index (χ3n) is 4.07. The Morgan fingerprint density at radius 3 is 2.30 bits per heavy atom. The third-order valence-corrected chi connectivity index (χ3v) is 4.07. The molecule has 2 N–H and O–H groups in total. The van der Waals surface area contributed by atoms with Crippen LogP contribution in [0.5, 0.6) is 0 Å². The Balaban J connectivity index is 2.12. The van der Waals surface area contributed by atoms with Crippen molar-refractivity contribution in [1.29, 1.82) is 0 Å². The minimum Gasteiger partial charge on any atom is -0.444 e. The number of ether oxygens (including phenoxy) is 1. The van der Waals surface area contributed by atoms with E-state index in [9.17, 15) is 22.8 Å². The summed E-state index contributed by atoms with van der Waals surface area (Å²) in [5.41, 5.74) is 3.67. The SMILES string of the molecule is CC1CN(C(=O)c2cc(N)cc(C(F)(F)F)c2)CCN1C(=O)OC(C)(C)C. The lowest BCUT2D eigenvalue weighted by Gasteiger charge is -2.40. The molecule has 2 amide bonds. The first-order chi connectivity index (χ1) is 12.3. The minimum absolute atomic E-state index is 0.125. The molecule has 0 spiro atoms. The maximum Gasteiger partial charge on any atom is 0.416 e. The van der Waals surface area contributed by atoms with Crippen LogP contribution < -0.4 is 5.73 Å². The zero-order valence-electron chi connectivity index (χ0n) is 15.8. The molecule has 6 nitrogen and oxygen atoms in total. The number of nitrogen functional groups attached to an aromatic ring is 1. The Morgan fingerprint density at radius 1 is 1.15 bits per heavy atom. The van der Waals surface area contributed by atoms with E-state index in [4.69, 9.17) is 10.5 Å². The first-order valence-electron chi connectivity index (χ1n) is 8.54. The van der Waals surface area contributed by atoms with Crippen LogP contribution in [0, 0.1) is 0 Å². The normalized spacial score (nSPS) is 18.4. The molecular formula is C18H24F3N3O3. The van der Waals surface area contributed by atoms with Gasteiger partial charge in [0, 0.05) is 36.9 Å². The molecular weight excluding hydrogens is 363 g/mol. The van der Waals surface area contributed by atoms with Gasteiger partial charge in [0.15, 0.2) is 0 Å². The van der Waals surface area contributed by atoms with Gasteiger partial charge < -0.3 is 20.3 Å². The summed E-state index contributed by atoms with van der Waals surface area (Å²) in [5.74, 6) is -0.552. The lowest BCUT2D eigenvalue weighted by molar-refractivity contribution is -0.137. The fourth-order valence-corrected chi connectivity index (χ4v) is 2.86. The molecule has 150 valence electrons. The number of piperazine rings is 1. The fraction of sp³-hybridized carbons (Fsp3) is 0.556. The number of rotatable bonds is 1. The quantitative estimate of drug-likeness (QED) is 0.750. The van der Waals surface area contributed by atoms with Crippen LogP contribution in [0.2, 0.25) is 0 Å². The zero-order valence-corrected chi connectivity index (χ0v) is 15.8. The second-order valence-corrected chi connectivity index (χ2v) is 7.62. The van der Waals surface area contributed by atoms with Gasteiger partial charge in [-0.1, -0.05) is 0 Å². The zero-order chi connectivity index (χ0) is 20.6. The topological polar surface area (TPSA) is 75.9 Å². The summed E-state index contributed by atoms with van der Waals surface area (Å²) in [4.78, 5) is 27.8. The first kappa shape index (κ1) is 20.9. The van der Waals surface area contributed by atoms with Gasteiger partial charge in [0.2, 0.25) is 0 Å². The van der Waals surface area contributed by atoms with Gasteiger partial charge in [-0.15, -0.1) is 0 Å². The molecule has 2 rings (SSSR count). The van der Waals surface area contributed by atoms with Crippen molar-refractivity contribution in [2.75, 3.05) is 25.4 Å². The fourth-order valence-electron chi connectivity index (χ4n) is 2.86. The smallest absolute Gasteiger partial charge is 0.416 e. The van der Waals surface area contributed by atoms with Gasteiger partial charge in [-0.25, -0.2) is 4.79 Å². The predicted octanol–water partition coefficient (Wildman–Crippen LogP) is 3.37. The lowest BCUT2D eigenvalue weighted by Crippen LogP contribution is -2.56. The lowest BCUT2D eigenvalue weighted by atomic mass is 10.1. The van der Waals surface area contributed by atoms with Crippen molar-refractivity contribution in [3.05, 3.63) is 29.3 Å². The Kier molecular flexibility index (Phi) is 5.63. The number of benzene rings is 1. The van der Waals surface area contributed by atoms with Crippen LogP contribution in [0.3, 0.4) is 0 Å². The number of carbonyl (C=O) groups excluding carboxylic acids is 2. The van der Waals surface area contributed by atoms with E-state index in [1.54, 1.807) is 27.7 Å². The van der Waals surface area contributed by atoms with E-state index in [1.807, 2.05) is 0 Å². The Labute approximate surface area is 156 Å². The van der Waals surface area contributed by atoms with Gasteiger partial charge in [0.25, 0.3) is 5.91 Å². The molecule has 9 heteroatoms. The Hall–Kier alpha value is -2.45. The molecule has 1 aliphatic heterocycles. The van der Waals surface area contributed by atoms with Gasteiger partial charge in [-0.05, 0) is 45.9 Å². The summed E-state index contributed by atoms with van der Waals surface area (Å²) < 4.78 is 44.2. The summed E-state index contributed by atoms with van der Waals surface area (Å²) >= 11 is 0. The molecule has 1 aromatic rings. The summed E-state index contributed by atoms with van der Waals surface area (Å²) in [6.45, 7) is 7.64. The van der Waals surface area contributed by atoms with E-state index in [0.717, 1.165) is 12.1 Å². The molecule has 1 unspecified atom stereocenters. The average molecular weight is 387 g/mol. The number of nitrogens with two attached hydrogens (primary N) is 1. The van der Waals surface area contributed by atoms with Crippen LogP contribution in [-0.4, -0.2) is 53.1 Å². The molecule has 0 aromatic heterocycles. The summed E-state index contributed by atoms with van der Waals surface area (Å²) in [7, 11) is 0. The molecule has 0 radical (unpaired) electrons. The van der Waals surface area contributed by atoms with Gasteiger partial charge in [-0.2, -0.15) is 13.2 Å². The molecule has 1 fully saturated rings. The molecule has 0 bridgehead atoms. The molecule has 1 atom stereocenters. The van der Waals surface area contributed by atoms with E-state index in [0.29, 0.717) is 0 Å². The number of carbonyl (C=O) groups is 2. The number of alkyl halides is 3. The summed E-state index contributed by atoms with van der Waals surface area (Å²) in [6, 6.07) is 2.48. The second kappa shape index (κ2) is 7.28. The summed E-state index contributed by atoms with van der Waals surface area (Å²) in [5, 5.41) is 0. The standard InChI is InChI=1S/C18H24F3N3O3/c1-11-10-23(5-6-24(11)16(26)27-17(2,3)4)15(25)12-7-13(18(19,20)21)9-14(22)8-12/h7-9,11H,5-6,10,22H2,1-4H3. The third kappa shape index (κ3) is 5.27. The highest BCUT2D eigenvalue weighted by molar-refractivity contribution is 5.95. The Morgan fingerprint density at radius 2 is 1.78 bits per heavy atom. The monoisotopic (exact) mass is 387 g/mol. The number of hydrogen-bond donors (Lipinski definition) is 1. The molecule has 0 saturated carbocycles. The largest absolute Gasteiger partial charge is 0.444 e. The number of amides is 2. The van der Waals surface area contributed by atoms with E-state index in [-0.39, 0.29) is 36.9 Å². The van der Waals surface area contributed by atoms with Crippen LogP contribution in [0.15, 0.2) is 18.2 Å². The van der Waals surface area contributed by atoms with Gasteiger partial charge in [0.1, 0.15) is 5.60 Å².